The number of hydrogen-bond donors (Lipinski definition) is 2. The van der Waals surface area contributed by atoms with Crippen molar-refractivity contribution in [1.29, 1.82) is 0 Å². The number of aliphatic hydroxyl groups is 1. The Morgan fingerprint density at radius 2 is 2.29 bits per heavy atom. The van der Waals surface area contributed by atoms with Crippen LogP contribution in [0.4, 0.5) is 0 Å². The van der Waals surface area contributed by atoms with E-state index in [1.54, 1.807) is 12.3 Å². The Labute approximate surface area is 102 Å². The van der Waals surface area contributed by atoms with Crippen molar-refractivity contribution >= 4 is 5.91 Å². The Bertz CT molecular complexity index is 393. The second-order valence-corrected chi connectivity index (χ2v) is 4.51. The van der Waals surface area contributed by atoms with E-state index in [4.69, 9.17) is 5.11 Å². The van der Waals surface area contributed by atoms with E-state index in [0.29, 0.717) is 12.1 Å². The summed E-state index contributed by atoms with van der Waals surface area (Å²) in [7, 11) is 0. The maximum atomic E-state index is 12.1. The van der Waals surface area contributed by atoms with Crippen molar-refractivity contribution in [1.82, 2.24) is 10.3 Å². The molecule has 0 aliphatic carbocycles. The summed E-state index contributed by atoms with van der Waals surface area (Å²) in [4.78, 5) is 16.1. The minimum atomic E-state index is -0.379. The highest BCUT2D eigenvalue weighted by molar-refractivity contribution is 5.94. The van der Waals surface area contributed by atoms with Crippen LogP contribution in [0.1, 0.15) is 42.7 Å². The maximum absolute atomic E-state index is 12.1. The standard InChI is InChI=1S/C13H20N2O2/c1-4-13(3,7-9-16)15-12(17)11-10(2)6-5-8-14-11/h5-6,8,16H,4,7,9H2,1-3H3,(H,15,17). The molecule has 0 bridgehead atoms. The van der Waals surface area contributed by atoms with Crippen molar-refractivity contribution in [2.24, 2.45) is 0 Å². The van der Waals surface area contributed by atoms with Crippen molar-refractivity contribution in [3.05, 3.63) is 29.6 Å². The normalized spacial score (nSPS) is 14.1. The third kappa shape index (κ3) is 3.53. The molecule has 17 heavy (non-hydrogen) atoms. The highest BCUT2D eigenvalue weighted by atomic mass is 16.3. The molecule has 0 aliphatic heterocycles. The van der Waals surface area contributed by atoms with Crippen LogP contribution in [-0.4, -0.2) is 28.1 Å². The number of nitrogens with zero attached hydrogens (tertiary/aromatic N) is 1. The number of pyridine rings is 1. The topological polar surface area (TPSA) is 62.2 Å². The number of aromatic nitrogens is 1. The second kappa shape index (κ2) is 5.77. The lowest BCUT2D eigenvalue weighted by Crippen LogP contribution is -2.46. The van der Waals surface area contributed by atoms with Crippen LogP contribution >= 0.6 is 0 Å². The molecule has 1 atom stereocenters. The Balaban J connectivity index is 2.82. The van der Waals surface area contributed by atoms with Crippen molar-refractivity contribution < 1.29 is 9.90 Å². The minimum absolute atomic E-state index is 0.0613. The molecule has 0 radical (unpaired) electrons. The van der Waals surface area contributed by atoms with Crippen LogP contribution in [0.25, 0.3) is 0 Å². The fourth-order valence-electron chi connectivity index (χ4n) is 1.63. The van der Waals surface area contributed by atoms with Gasteiger partial charge in [0.15, 0.2) is 0 Å². The highest BCUT2D eigenvalue weighted by Crippen LogP contribution is 2.15. The number of rotatable bonds is 5. The average Bonchev–Trinajstić information content (AvgIpc) is 2.29. The first kappa shape index (κ1) is 13.6. The van der Waals surface area contributed by atoms with Crippen molar-refractivity contribution in [3.8, 4) is 0 Å². The largest absolute Gasteiger partial charge is 0.396 e. The van der Waals surface area contributed by atoms with E-state index in [0.717, 1.165) is 12.0 Å². The van der Waals surface area contributed by atoms with Gasteiger partial charge in [-0.3, -0.25) is 9.78 Å². The van der Waals surface area contributed by atoms with Gasteiger partial charge in [0.05, 0.1) is 0 Å². The number of hydrogen-bond acceptors (Lipinski definition) is 3. The molecule has 0 spiro atoms. The zero-order valence-electron chi connectivity index (χ0n) is 10.7. The molecule has 1 unspecified atom stereocenters. The predicted octanol–water partition coefficient (Wildman–Crippen LogP) is 1.67. The van der Waals surface area contributed by atoms with E-state index in [1.807, 2.05) is 26.8 Å². The lowest BCUT2D eigenvalue weighted by atomic mass is 9.94. The van der Waals surface area contributed by atoms with Gasteiger partial charge in [0.2, 0.25) is 0 Å². The first-order valence-corrected chi connectivity index (χ1v) is 5.87. The average molecular weight is 236 g/mol. The number of carbonyl (C=O) groups excluding carboxylic acids is 1. The molecule has 0 aromatic carbocycles. The molecule has 4 heteroatoms. The van der Waals surface area contributed by atoms with Crippen LogP contribution < -0.4 is 5.32 Å². The van der Waals surface area contributed by atoms with Crippen LogP contribution in [0.2, 0.25) is 0 Å². The number of aryl methyl sites for hydroxylation is 1. The Hall–Kier alpha value is -1.42. The molecule has 0 fully saturated rings. The number of carbonyl (C=O) groups is 1. The van der Waals surface area contributed by atoms with Gasteiger partial charge in [-0.15, -0.1) is 0 Å². The third-order valence-electron chi connectivity index (χ3n) is 3.08. The molecule has 0 saturated heterocycles. The number of nitrogens with one attached hydrogen (secondary N) is 1. The SMILES string of the molecule is CCC(C)(CCO)NC(=O)c1ncccc1C. The van der Waals surface area contributed by atoms with Crippen molar-refractivity contribution in [2.75, 3.05) is 6.61 Å². The van der Waals surface area contributed by atoms with Crippen molar-refractivity contribution in [3.63, 3.8) is 0 Å². The van der Waals surface area contributed by atoms with Gasteiger partial charge in [-0.2, -0.15) is 0 Å². The molecule has 0 saturated carbocycles. The van der Waals surface area contributed by atoms with E-state index in [-0.39, 0.29) is 18.1 Å². The summed E-state index contributed by atoms with van der Waals surface area (Å²) in [6.07, 6.45) is 2.92. The van der Waals surface area contributed by atoms with Gasteiger partial charge in [-0.25, -0.2) is 0 Å². The molecule has 2 N–H and O–H groups in total. The highest BCUT2D eigenvalue weighted by Gasteiger charge is 2.25. The van der Waals surface area contributed by atoms with Gasteiger partial charge in [0, 0.05) is 18.3 Å². The predicted molar refractivity (Wildman–Crippen MR) is 66.8 cm³/mol. The van der Waals surface area contributed by atoms with Crippen molar-refractivity contribution in [2.45, 2.75) is 39.2 Å². The Morgan fingerprint density at radius 3 is 2.82 bits per heavy atom. The number of aliphatic hydroxyl groups excluding tert-OH is 1. The van der Waals surface area contributed by atoms with Gasteiger partial charge >= 0.3 is 0 Å². The van der Waals surface area contributed by atoms with Gasteiger partial charge in [-0.05, 0) is 38.3 Å². The molecule has 1 aromatic heterocycles. The Kier molecular flexibility index (Phi) is 4.63. The van der Waals surface area contributed by atoms with Gasteiger partial charge in [0.1, 0.15) is 5.69 Å². The summed E-state index contributed by atoms with van der Waals surface area (Å²) in [6, 6.07) is 3.66. The first-order chi connectivity index (χ1) is 8.02. The van der Waals surface area contributed by atoms with Gasteiger partial charge in [0.25, 0.3) is 5.91 Å². The molecule has 1 heterocycles. The smallest absolute Gasteiger partial charge is 0.270 e. The molecular formula is C13H20N2O2. The molecule has 0 aliphatic rings. The molecule has 1 rings (SSSR count). The van der Waals surface area contributed by atoms with E-state index < -0.39 is 0 Å². The summed E-state index contributed by atoms with van der Waals surface area (Å²) >= 11 is 0. The second-order valence-electron chi connectivity index (χ2n) is 4.51. The van der Waals surface area contributed by atoms with Crippen LogP contribution in [0.3, 0.4) is 0 Å². The molecule has 94 valence electrons. The monoisotopic (exact) mass is 236 g/mol. The lowest BCUT2D eigenvalue weighted by molar-refractivity contribution is 0.0880. The van der Waals surface area contributed by atoms with E-state index in [2.05, 4.69) is 10.3 Å². The zero-order valence-corrected chi connectivity index (χ0v) is 10.7. The van der Waals surface area contributed by atoms with Crippen LogP contribution in [0, 0.1) is 6.92 Å². The third-order valence-corrected chi connectivity index (χ3v) is 3.08. The number of amides is 1. The summed E-state index contributed by atoms with van der Waals surface area (Å²) in [5.74, 6) is -0.180. The van der Waals surface area contributed by atoms with Gasteiger partial charge in [-0.1, -0.05) is 13.0 Å². The molecular weight excluding hydrogens is 216 g/mol. The lowest BCUT2D eigenvalue weighted by Gasteiger charge is -2.29. The molecule has 1 aromatic rings. The molecule has 1 amide bonds. The summed E-state index contributed by atoms with van der Waals surface area (Å²) in [5.41, 5.74) is 0.924. The molecule has 4 nitrogen and oxygen atoms in total. The van der Waals surface area contributed by atoms with Crippen LogP contribution in [-0.2, 0) is 0 Å². The fraction of sp³-hybridized carbons (Fsp3) is 0.538. The van der Waals surface area contributed by atoms with Gasteiger partial charge < -0.3 is 10.4 Å². The zero-order chi connectivity index (χ0) is 12.9. The summed E-state index contributed by atoms with van der Waals surface area (Å²) in [6.45, 7) is 5.84. The van der Waals surface area contributed by atoms with Crippen LogP contribution in [0.15, 0.2) is 18.3 Å². The maximum Gasteiger partial charge on any atom is 0.270 e. The Morgan fingerprint density at radius 1 is 1.59 bits per heavy atom. The summed E-state index contributed by atoms with van der Waals surface area (Å²) in [5, 5.41) is 11.9. The quantitative estimate of drug-likeness (QED) is 0.817. The van der Waals surface area contributed by atoms with Crippen LogP contribution in [0.5, 0.6) is 0 Å². The minimum Gasteiger partial charge on any atom is -0.396 e. The first-order valence-electron chi connectivity index (χ1n) is 5.87. The summed E-state index contributed by atoms with van der Waals surface area (Å²) < 4.78 is 0. The van der Waals surface area contributed by atoms with E-state index >= 15 is 0 Å². The van der Waals surface area contributed by atoms with E-state index in [1.165, 1.54) is 0 Å². The fourth-order valence-corrected chi connectivity index (χ4v) is 1.63. The van der Waals surface area contributed by atoms with E-state index in [9.17, 15) is 4.79 Å².